The van der Waals surface area contributed by atoms with Crippen molar-refractivity contribution in [2.24, 2.45) is 5.73 Å². The van der Waals surface area contributed by atoms with Crippen molar-refractivity contribution in [3.63, 3.8) is 0 Å². The Kier molecular flexibility index (Phi) is 4.07. The van der Waals surface area contributed by atoms with Crippen LogP contribution in [0.15, 0.2) is 24.3 Å². The van der Waals surface area contributed by atoms with Crippen molar-refractivity contribution in [2.45, 2.75) is 32.7 Å². The number of carbonyl (C=O) groups excluding carboxylic acids is 1. The Labute approximate surface area is 97.0 Å². The summed E-state index contributed by atoms with van der Waals surface area (Å²) in [6.45, 7) is 6.30. The second-order valence-electron chi connectivity index (χ2n) is 4.93. The van der Waals surface area contributed by atoms with Gasteiger partial charge in [0.1, 0.15) is 0 Å². The molecule has 0 saturated heterocycles. The fourth-order valence-corrected chi connectivity index (χ4v) is 1.28. The van der Waals surface area contributed by atoms with E-state index in [1.807, 2.05) is 45.0 Å². The average molecular weight is 220 g/mol. The van der Waals surface area contributed by atoms with Gasteiger partial charge in [0.05, 0.1) is 6.42 Å². The summed E-state index contributed by atoms with van der Waals surface area (Å²) in [5.41, 5.74) is 7.65. The van der Waals surface area contributed by atoms with Gasteiger partial charge in [-0.1, -0.05) is 29.8 Å². The highest BCUT2D eigenvalue weighted by Crippen LogP contribution is 2.04. The molecular formula is C13H20N2O. The van der Waals surface area contributed by atoms with Gasteiger partial charge >= 0.3 is 0 Å². The minimum absolute atomic E-state index is 0.0161. The smallest absolute Gasteiger partial charge is 0.224 e. The monoisotopic (exact) mass is 220 g/mol. The molecule has 0 radical (unpaired) electrons. The largest absolute Gasteiger partial charge is 0.354 e. The second kappa shape index (κ2) is 5.12. The first kappa shape index (κ1) is 12.7. The molecule has 0 aliphatic heterocycles. The van der Waals surface area contributed by atoms with E-state index in [1.165, 1.54) is 5.56 Å². The van der Waals surface area contributed by atoms with Crippen LogP contribution >= 0.6 is 0 Å². The summed E-state index contributed by atoms with van der Waals surface area (Å²) in [6.07, 6.45) is 0.413. The molecule has 0 atom stereocenters. The Balaban J connectivity index is 2.43. The molecule has 0 fully saturated rings. The van der Waals surface area contributed by atoms with Crippen LogP contribution in [-0.2, 0) is 11.2 Å². The second-order valence-corrected chi connectivity index (χ2v) is 4.93. The number of amides is 1. The van der Waals surface area contributed by atoms with E-state index in [1.54, 1.807) is 0 Å². The number of hydrogen-bond donors (Lipinski definition) is 2. The lowest BCUT2D eigenvalue weighted by molar-refractivity contribution is -0.120. The number of hydrogen-bond acceptors (Lipinski definition) is 2. The summed E-state index contributed by atoms with van der Waals surface area (Å²) >= 11 is 0. The fourth-order valence-electron chi connectivity index (χ4n) is 1.28. The predicted molar refractivity (Wildman–Crippen MR) is 66.2 cm³/mol. The third-order valence-electron chi connectivity index (χ3n) is 2.23. The van der Waals surface area contributed by atoms with Gasteiger partial charge in [0.15, 0.2) is 0 Å². The van der Waals surface area contributed by atoms with E-state index in [0.717, 1.165) is 5.56 Å². The van der Waals surface area contributed by atoms with Crippen LogP contribution in [0.4, 0.5) is 0 Å². The van der Waals surface area contributed by atoms with Gasteiger partial charge in [-0.05, 0) is 26.3 Å². The molecule has 1 amide bonds. The molecule has 1 aromatic carbocycles. The molecule has 1 aromatic rings. The Morgan fingerprint density at radius 2 is 1.88 bits per heavy atom. The third-order valence-corrected chi connectivity index (χ3v) is 2.23. The summed E-state index contributed by atoms with van der Waals surface area (Å²) in [6, 6.07) is 7.97. The number of aryl methyl sites for hydroxylation is 1. The van der Waals surface area contributed by atoms with Crippen molar-refractivity contribution in [3.05, 3.63) is 35.4 Å². The summed E-state index contributed by atoms with van der Waals surface area (Å²) in [7, 11) is 0. The van der Waals surface area contributed by atoms with Gasteiger partial charge in [-0.15, -0.1) is 0 Å². The molecule has 16 heavy (non-hydrogen) atoms. The van der Waals surface area contributed by atoms with Crippen LogP contribution in [-0.4, -0.2) is 18.0 Å². The average Bonchev–Trinajstić information content (AvgIpc) is 2.18. The van der Waals surface area contributed by atoms with Crippen LogP contribution < -0.4 is 11.1 Å². The predicted octanol–water partition coefficient (Wildman–Crippen LogP) is 1.39. The minimum Gasteiger partial charge on any atom is -0.354 e. The van der Waals surface area contributed by atoms with E-state index in [-0.39, 0.29) is 11.4 Å². The molecule has 0 saturated carbocycles. The zero-order chi connectivity index (χ0) is 12.2. The Bertz CT molecular complexity index is 349. The van der Waals surface area contributed by atoms with Crippen molar-refractivity contribution in [1.82, 2.24) is 5.32 Å². The van der Waals surface area contributed by atoms with Crippen LogP contribution in [0.2, 0.25) is 0 Å². The Morgan fingerprint density at radius 3 is 2.38 bits per heavy atom. The first-order valence-corrected chi connectivity index (χ1v) is 5.48. The highest BCUT2D eigenvalue weighted by Gasteiger charge is 2.12. The fraction of sp³-hybridized carbons (Fsp3) is 0.462. The van der Waals surface area contributed by atoms with E-state index in [2.05, 4.69) is 5.32 Å². The summed E-state index contributed by atoms with van der Waals surface area (Å²) in [5, 5.41) is 2.82. The number of carbonyl (C=O) groups is 1. The molecule has 1 rings (SSSR count). The van der Waals surface area contributed by atoms with Crippen molar-refractivity contribution in [2.75, 3.05) is 6.54 Å². The maximum absolute atomic E-state index is 11.6. The van der Waals surface area contributed by atoms with Gasteiger partial charge in [-0.2, -0.15) is 0 Å². The normalized spacial score (nSPS) is 11.2. The molecule has 88 valence electrons. The lowest BCUT2D eigenvalue weighted by Gasteiger charge is -2.18. The van der Waals surface area contributed by atoms with Crippen LogP contribution in [0.3, 0.4) is 0 Å². The van der Waals surface area contributed by atoms with Gasteiger partial charge in [-0.3, -0.25) is 4.79 Å². The Morgan fingerprint density at radius 1 is 1.31 bits per heavy atom. The third kappa shape index (κ3) is 4.94. The number of benzene rings is 1. The maximum Gasteiger partial charge on any atom is 0.224 e. The summed E-state index contributed by atoms with van der Waals surface area (Å²) in [5.74, 6) is 0.0161. The van der Waals surface area contributed by atoms with E-state index in [4.69, 9.17) is 5.73 Å². The van der Waals surface area contributed by atoms with E-state index >= 15 is 0 Å². The summed E-state index contributed by atoms with van der Waals surface area (Å²) < 4.78 is 0. The Hall–Kier alpha value is -1.35. The first-order chi connectivity index (χ1) is 7.37. The number of nitrogens with one attached hydrogen (secondary N) is 1. The van der Waals surface area contributed by atoms with Crippen LogP contribution in [0, 0.1) is 6.92 Å². The van der Waals surface area contributed by atoms with Crippen molar-refractivity contribution in [1.29, 1.82) is 0 Å². The lowest BCUT2D eigenvalue weighted by Crippen LogP contribution is -2.45. The van der Waals surface area contributed by atoms with Gasteiger partial charge in [0.2, 0.25) is 5.91 Å². The van der Waals surface area contributed by atoms with Gasteiger partial charge in [-0.25, -0.2) is 0 Å². The molecular weight excluding hydrogens is 200 g/mol. The molecule has 0 bridgehead atoms. The van der Waals surface area contributed by atoms with Crippen LogP contribution in [0.25, 0.3) is 0 Å². The van der Waals surface area contributed by atoms with Crippen molar-refractivity contribution in [3.8, 4) is 0 Å². The molecule has 0 aromatic heterocycles. The van der Waals surface area contributed by atoms with Gasteiger partial charge in [0, 0.05) is 12.1 Å². The molecule has 0 spiro atoms. The lowest BCUT2D eigenvalue weighted by atomic mass is 10.1. The zero-order valence-corrected chi connectivity index (χ0v) is 10.2. The molecule has 0 aliphatic rings. The summed E-state index contributed by atoms with van der Waals surface area (Å²) in [4.78, 5) is 11.6. The van der Waals surface area contributed by atoms with E-state index in [9.17, 15) is 4.79 Å². The molecule has 0 unspecified atom stereocenters. The van der Waals surface area contributed by atoms with Crippen molar-refractivity contribution < 1.29 is 4.79 Å². The van der Waals surface area contributed by atoms with Gasteiger partial charge in [0.25, 0.3) is 0 Å². The standard InChI is InChI=1S/C13H20N2O/c1-10-4-6-11(7-5-10)8-12(16)15-9-13(2,3)14/h4-7H,8-9,14H2,1-3H3,(H,15,16). The molecule has 3 nitrogen and oxygen atoms in total. The molecule has 0 aliphatic carbocycles. The van der Waals surface area contributed by atoms with Crippen LogP contribution in [0.1, 0.15) is 25.0 Å². The highest BCUT2D eigenvalue weighted by atomic mass is 16.1. The minimum atomic E-state index is -0.358. The van der Waals surface area contributed by atoms with Gasteiger partial charge < -0.3 is 11.1 Å². The molecule has 3 heteroatoms. The molecule has 0 heterocycles. The highest BCUT2D eigenvalue weighted by molar-refractivity contribution is 5.78. The van der Waals surface area contributed by atoms with E-state index in [0.29, 0.717) is 13.0 Å². The SMILES string of the molecule is Cc1ccc(CC(=O)NCC(C)(C)N)cc1. The van der Waals surface area contributed by atoms with Crippen molar-refractivity contribution >= 4 is 5.91 Å². The zero-order valence-electron chi connectivity index (χ0n) is 10.2. The number of rotatable bonds is 4. The maximum atomic E-state index is 11.6. The van der Waals surface area contributed by atoms with Crippen LogP contribution in [0.5, 0.6) is 0 Å². The van der Waals surface area contributed by atoms with E-state index < -0.39 is 0 Å². The topological polar surface area (TPSA) is 55.1 Å². The first-order valence-electron chi connectivity index (χ1n) is 5.48. The molecule has 3 N–H and O–H groups in total. The number of nitrogens with two attached hydrogens (primary N) is 1. The quantitative estimate of drug-likeness (QED) is 0.805.